The number of imidazole rings is 1. The van der Waals surface area contributed by atoms with Gasteiger partial charge in [-0.25, -0.2) is 17.8 Å². The van der Waals surface area contributed by atoms with Crippen molar-refractivity contribution in [3.63, 3.8) is 0 Å². The summed E-state index contributed by atoms with van der Waals surface area (Å²) in [4.78, 5) is 7.28. The average Bonchev–Trinajstić information content (AvgIpc) is 2.78. The van der Waals surface area contributed by atoms with Gasteiger partial charge in [-0.1, -0.05) is 0 Å². The number of nitrogens with one attached hydrogen (secondary N) is 2. The minimum absolute atomic E-state index is 0.00443. The number of anilines is 1. The Morgan fingerprint density at radius 3 is 2.57 bits per heavy atom. The van der Waals surface area contributed by atoms with Crippen LogP contribution in [0.3, 0.4) is 0 Å². The predicted molar refractivity (Wildman–Crippen MR) is 78.0 cm³/mol. The van der Waals surface area contributed by atoms with E-state index in [2.05, 4.69) is 14.7 Å². The Labute approximate surface area is 120 Å². The zero-order valence-corrected chi connectivity index (χ0v) is 11.9. The standard InChI is InChI=1S/C14H12FN3O2S/c1-9-16-13-7-4-11(8-14(13)17-9)18-21(19,20)12-5-2-10(15)3-6-12/h2-8,18H,1H3,(H,16,17). The third-order valence-corrected chi connectivity index (χ3v) is 4.37. The molecule has 0 atom stereocenters. The summed E-state index contributed by atoms with van der Waals surface area (Å²) in [5.74, 6) is 0.270. The lowest BCUT2D eigenvalue weighted by Crippen LogP contribution is -2.12. The number of rotatable bonds is 3. The van der Waals surface area contributed by atoms with Crippen molar-refractivity contribution < 1.29 is 12.8 Å². The Morgan fingerprint density at radius 2 is 1.86 bits per heavy atom. The fourth-order valence-electron chi connectivity index (χ4n) is 2.03. The smallest absolute Gasteiger partial charge is 0.261 e. The maximum Gasteiger partial charge on any atom is 0.261 e. The summed E-state index contributed by atoms with van der Waals surface area (Å²) in [7, 11) is -3.74. The Morgan fingerprint density at radius 1 is 1.14 bits per heavy atom. The molecule has 0 bridgehead atoms. The highest BCUT2D eigenvalue weighted by Crippen LogP contribution is 2.20. The first-order valence-electron chi connectivity index (χ1n) is 6.19. The highest BCUT2D eigenvalue weighted by molar-refractivity contribution is 7.92. The maximum atomic E-state index is 12.9. The van der Waals surface area contributed by atoms with Crippen molar-refractivity contribution in [2.24, 2.45) is 0 Å². The molecule has 3 aromatic rings. The highest BCUT2D eigenvalue weighted by atomic mass is 32.2. The lowest BCUT2D eigenvalue weighted by molar-refractivity contribution is 0.599. The minimum atomic E-state index is -3.74. The summed E-state index contributed by atoms with van der Waals surface area (Å²) < 4.78 is 39.7. The van der Waals surface area contributed by atoms with E-state index in [1.54, 1.807) is 18.2 Å². The minimum Gasteiger partial charge on any atom is -0.342 e. The number of hydrogen-bond acceptors (Lipinski definition) is 3. The number of aryl methyl sites for hydroxylation is 1. The Hall–Kier alpha value is -2.41. The molecule has 0 aliphatic carbocycles. The molecule has 5 nitrogen and oxygen atoms in total. The number of nitrogens with zero attached hydrogens (tertiary/aromatic N) is 1. The molecule has 0 amide bonds. The van der Waals surface area contributed by atoms with Crippen LogP contribution in [-0.2, 0) is 10.0 Å². The van der Waals surface area contributed by atoms with Gasteiger partial charge in [0.1, 0.15) is 11.6 Å². The molecule has 1 heterocycles. The van der Waals surface area contributed by atoms with E-state index in [4.69, 9.17) is 0 Å². The van der Waals surface area contributed by atoms with E-state index in [1.807, 2.05) is 6.92 Å². The van der Waals surface area contributed by atoms with Gasteiger partial charge in [0.25, 0.3) is 10.0 Å². The Balaban J connectivity index is 1.94. The lowest BCUT2D eigenvalue weighted by atomic mass is 10.3. The van der Waals surface area contributed by atoms with Crippen LogP contribution in [-0.4, -0.2) is 18.4 Å². The van der Waals surface area contributed by atoms with Crippen LogP contribution in [0.1, 0.15) is 5.82 Å². The molecule has 7 heteroatoms. The van der Waals surface area contributed by atoms with Gasteiger partial charge in [-0.2, -0.15) is 0 Å². The molecule has 0 saturated heterocycles. The SMILES string of the molecule is Cc1nc2ccc(NS(=O)(=O)c3ccc(F)cc3)cc2[nH]1. The predicted octanol–water partition coefficient (Wildman–Crippen LogP) is 2.81. The van der Waals surface area contributed by atoms with Crippen molar-refractivity contribution in [3.8, 4) is 0 Å². The second-order valence-corrected chi connectivity index (χ2v) is 6.30. The molecule has 0 saturated carbocycles. The largest absolute Gasteiger partial charge is 0.342 e. The lowest BCUT2D eigenvalue weighted by Gasteiger charge is -2.08. The van der Waals surface area contributed by atoms with Crippen LogP contribution >= 0.6 is 0 Å². The number of aromatic amines is 1. The molecule has 2 N–H and O–H groups in total. The zero-order chi connectivity index (χ0) is 15.0. The first kappa shape index (κ1) is 13.6. The van der Waals surface area contributed by atoms with Gasteiger partial charge in [0.2, 0.25) is 0 Å². The summed E-state index contributed by atoms with van der Waals surface area (Å²) in [5.41, 5.74) is 1.92. The summed E-state index contributed by atoms with van der Waals surface area (Å²) in [6.45, 7) is 1.82. The number of fused-ring (bicyclic) bond motifs is 1. The molecule has 0 spiro atoms. The van der Waals surface area contributed by atoms with Gasteiger partial charge in [-0.3, -0.25) is 4.72 Å². The first-order valence-corrected chi connectivity index (χ1v) is 7.67. The number of aromatic nitrogens is 2. The van der Waals surface area contributed by atoms with Crippen LogP contribution in [0.4, 0.5) is 10.1 Å². The fourth-order valence-corrected chi connectivity index (χ4v) is 3.08. The van der Waals surface area contributed by atoms with Gasteiger partial charge in [0.05, 0.1) is 21.6 Å². The molecular formula is C14H12FN3O2S. The number of benzene rings is 2. The van der Waals surface area contributed by atoms with E-state index in [9.17, 15) is 12.8 Å². The number of hydrogen-bond donors (Lipinski definition) is 2. The summed E-state index contributed by atoms with van der Waals surface area (Å²) in [5, 5.41) is 0. The molecule has 108 valence electrons. The number of sulfonamides is 1. The monoisotopic (exact) mass is 305 g/mol. The highest BCUT2D eigenvalue weighted by Gasteiger charge is 2.14. The Kier molecular flexibility index (Phi) is 3.13. The van der Waals surface area contributed by atoms with Crippen LogP contribution in [0, 0.1) is 12.7 Å². The third kappa shape index (κ3) is 2.73. The van der Waals surface area contributed by atoms with Gasteiger partial charge < -0.3 is 4.98 Å². The van der Waals surface area contributed by atoms with Crippen molar-refractivity contribution >= 4 is 26.7 Å². The van der Waals surface area contributed by atoms with Gasteiger partial charge >= 0.3 is 0 Å². The van der Waals surface area contributed by atoms with Crippen LogP contribution in [0.5, 0.6) is 0 Å². The molecular weight excluding hydrogens is 293 g/mol. The van der Waals surface area contributed by atoms with Gasteiger partial charge in [-0.15, -0.1) is 0 Å². The molecule has 0 unspecified atom stereocenters. The fraction of sp³-hybridized carbons (Fsp3) is 0.0714. The van der Waals surface area contributed by atoms with E-state index < -0.39 is 15.8 Å². The molecule has 1 aromatic heterocycles. The van der Waals surface area contributed by atoms with Crippen LogP contribution in [0.25, 0.3) is 11.0 Å². The van der Waals surface area contributed by atoms with Crippen molar-refractivity contribution in [1.29, 1.82) is 0 Å². The molecule has 0 fully saturated rings. The second-order valence-electron chi connectivity index (χ2n) is 4.61. The number of halogens is 1. The van der Waals surface area contributed by atoms with E-state index >= 15 is 0 Å². The van der Waals surface area contributed by atoms with E-state index in [0.29, 0.717) is 5.69 Å². The third-order valence-electron chi connectivity index (χ3n) is 2.98. The first-order chi connectivity index (χ1) is 9.94. The van der Waals surface area contributed by atoms with Crippen molar-refractivity contribution in [3.05, 3.63) is 54.1 Å². The van der Waals surface area contributed by atoms with Crippen molar-refractivity contribution in [2.75, 3.05) is 4.72 Å². The Bertz CT molecular complexity index is 902. The normalized spacial score (nSPS) is 11.7. The molecule has 2 aromatic carbocycles. The molecule has 0 aliphatic heterocycles. The van der Waals surface area contributed by atoms with Gasteiger partial charge in [-0.05, 0) is 49.4 Å². The topological polar surface area (TPSA) is 74.8 Å². The molecule has 0 aliphatic rings. The summed E-state index contributed by atoms with van der Waals surface area (Å²) >= 11 is 0. The zero-order valence-electron chi connectivity index (χ0n) is 11.1. The molecule has 3 rings (SSSR count). The molecule has 0 radical (unpaired) electrons. The van der Waals surface area contributed by atoms with E-state index in [0.717, 1.165) is 29.0 Å². The summed E-state index contributed by atoms with van der Waals surface area (Å²) in [6, 6.07) is 9.67. The van der Waals surface area contributed by atoms with E-state index in [-0.39, 0.29) is 4.90 Å². The second kappa shape index (κ2) is 4.85. The van der Waals surface area contributed by atoms with Gasteiger partial charge in [0, 0.05) is 0 Å². The average molecular weight is 305 g/mol. The van der Waals surface area contributed by atoms with E-state index in [1.165, 1.54) is 12.1 Å². The van der Waals surface area contributed by atoms with Crippen LogP contribution in [0.2, 0.25) is 0 Å². The van der Waals surface area contributed by atoms with Crippen LogP contribution in [0.15, 0.2) is 47.4 Å². The quantitative estimate of drug-likeness (QED) is 0.781. The molecule has 21 heavy (non-hydrogen) atoms. The van der Waals surface area contributed by atoms with Gasteiger partial charge in [0.15, 0.2) is 0 Å². The maximum absolute atomic E-state index is 12.9. The summed E-state index contributed by atoms with van der Waals surface area (Å²) in [6.07, 6.45) is 0. The van der Waals surface area contributed by atoms with Crippen molar-refractivity contribution in [2.45, 2.75) is 11.8 Å². The van der Waals surface area contributed by atoms with Crippen LogP contribution < -0.4 is 4.72 Å². The number of H-pyrrole nitrogens is 1. The van der Waals surface area contributed by atoms with Crippen molar-refractivity contribution in [1.82, 2.24) is 9.97 Å².